The van der Waals surface area contributed by atoms with Crippen molar-refractivity contribution in [1.82, 2.24) is 10.6 Å². The van der Waals surface area contributed by atoms with Crippen LogP contribution in [0.5, 0.6) is 0 Å². The number of nitrogens with one attached hydrogen (secondary N) is 2. The first-order valence-corrected chi connectivity index (χ1v) is 6.28. The molecule has 1 aliphatic carbocycles. The normalized spacial score (nSPS) is 36.7. The van der Waals surface area contributed by atoms with Gasteiger partial charge in [0.1, 0.15) is 5.60 Å². The minimum absolute atomic E-state index is 0.111. The van der Waals surface area contributed by atoms with E-state index in [1.807, 2.05) is 20.8 Å². The van der Waals surface area contributed by atoms with Crippen LogP contribution in [-0.2, 0) is 4.74 Å². The van der Waals surface area contributed by atoms with Crippen molar-refractivity contribution >= 4 is 6.09 Å². The zero-order valence-electron chi connectivity index (χ0n) is 10.7. The lowest BCUT2D eigenvalue weighted by atomic mass is 9.75. The molecule has 4 atom stereocenters. The van der Waals surface area contributed by atoms with Gasteiger partial charge in [-0.05, 0) is 39.5 Å². The van der Waals surface area contributed by atoms with Crippen LogP contribution in [0.15, 0.2) is 0 Å². The lowest BCUT2D eigenvalue weighted by Crippen LogP contribution is -2.66. The van der Waals surface area contributed by atoms with Crippen LogP contribution >= 0.6 is 0 Å². The molecule has 0 aromatic heterocycles. The number of aliphatic hydroxyl groups is 1. The summed E-state index contributed by atoms with van der Waals surface area (Å²) in [6, 6.07) is -0.0650. The molecule has 5 heteroatoms. The molecule has 0 unspecified atom stereocenters. The molecule has 1 saturated carbocycles. The molecule has 5 nitrogen and oxygen atoms in total. The van der Waals surface area contributed by atoms with Crippen LogP contribution in [0.2, 0.25) is 0 Å². The van der Waals surface area contributed by atoms with Gasteiger partial charge in [-0.1, -0.05) is 0 Å². The maximum Gasteiger partial charge on any atom is 0.407 e. The summed E-state index contributed by atoms with van der Waals surface area (Å²) >= 11 is 0. The van der Waals surface area contributed by atoms with E-state index in [9.17, 15) is 9.90 Å². The molecular weight excluding hydrogens is 220 g/mol. The number of ether oxygens (including phenoxy) is 1. The number of hydrogen-bond acceptors (Lipinski definition) is 4. The number of carbonyl (C=O) groups excluding carboxylic acids is 1. The van der Waals surface area contributed by atoms with E-state index in [0.717, 1.165) is 19.4 Å². The van der Waals surface area contributed by atoms with Crippen molar-refractivity contribution < 1.29 is 14.6 Å². The SMILES string of the molecule is CC(C)(C)OC(=O)N[C@@H]1[C@H]2CC[C@@H](NC2)[C@@H]1O. The Morgan fingerprint density at radius 1 is 1.41 bits per heavy atom. The van der Waals surface area contributed by atoms with Gasteiger partial charge in [-0.25, -0.2) is 4.79 Å². The van der Waals surface area contributed by atoms with Gasteiger partial charge in [-0.3, -0.25) is 0 Å². The molecule has 0 aromatic carbocycles. The van der Waals surface area contributed by atoms with E-state index in [2.05, 4.69) is 10.6 Å². The number of fused-ring (bicyclic) bond motifs is 3. The van der Waals surface area contributed by atoms with Crippen LogP contribution in [0.25, 0.3) is 0 Å². The zero-order valence-corrected chi connectivity index (χ0v) is 10.7. The molecule has 2 saturated heterocycles. The molecule has 0 radical (unpaired) electrons. The number of rotatable bonds is 1. The Morgan fingerprint density at radius 2 is 2.12 bits per heavy atom. The van der Waals surface area contributed by atoms with Crippen LogP contribution in [0.3, 0.4) is 0 Å². The highest BCUT2D eigenvalue weighted by Crippen LogP contribution is 2.29. The standard InChI is InChI=1S/C12H22N2O3/c1-12(2,3)17-11(16)14-9-7-4-5-8(10(9)15)13-6-7/h7-10,13,15H,4-6H2,1-3H3,(H,14,16)/t7-,8+,9+,10-/m0/s1. The van der Waals surface area contributed by atoms with Crippen LogP contribution < -0.4 is 10.6 Å². The van der Waals surface area contributed by atoms with E-state index in [1.54, 1.807) is 0 Å². The molecule has 98 valence electrons. The Balaban J connectivity index is 1.92. The summed E-state index contributed by atoms with van der Waals surface area (Å²) in [6.45, 7) is 6.36. The molecule has 0 aromatic rings. The van der Waals surface area contributed by atoms with Crippen molar-refractivity contribution in [3.63, 3.8) is 0 Å². The molecule has 3 rings (SSSR count). The van der Waals surface area contributed by atoms with Crippen LogP contribution in [0.1, 0.15) is 33.6 Å². The Labute approximate surface area is 102 Å². The molecule has 3 aliphatic rings. The van der Waals surface area contributed by atoms with E-state index < -0.39 is 17.8 Å². The highest BCUT2D eigenvalue weighted by molar-refractivity contribution is 5.68. The van der Waals surface area contributed by atoms with Gasteiger partial charge in [0, 0.05) is 12.6 Å². The summed E-state index contributed by atoms with van der Waals surface area (Å²) < 4.78 is 5.21. The predicted molar refractivity (Wildman–Crippen MR) is 63.7 cm³/mol. The fourth-order valence-electron chi connectivity index (χ4n) is 2.67. The van der Waals surface area contributed by atoms with Gasteiger partial charge in [0.2, 0.25) is 0 Å². The highest BCUT2D eigenvalue weighted by Gasteiger charge is 2.43. The predicted octanol–water partition coefficient (Wildman–Crippen LogP) is 0.622. The van der Waals surface area contributed by atoms with Crippen molar-refractivity contribution in [3.8, 4) is 0 Å². The number of amides is 1. The molecule has 3 N–H and O–H groups in total. The number of piperidine rings is 2. The monoisotopic (exact) mass is 242 g/mol. The molecule has 2 heterocycles. The molecule has 1 amide bonds. The highest BCUT2D eigenvalue weighted by atomic mass is 16.6. The Bertz CT molecular complexity index is 291. The van der Waals surface area contributed by atoms with Gasteiger partial charge >= 0.3 is 6.09 Å². The van der Waals surface area contributed by atoms with Gasteiger partial charge in [0.15, 0.2) is 0 Å². The minimum Gasteiger partial charge on any atom is -0.444 e. The minimum atomic E-state index is -0.505. The second-order valence-electron chi connectivity index (χ2n) is 6.01. The van der Waals surface area contributed by atoms with Gasteiger partial charge in [-0.2, -0.15) is 0 Å². The van der Waals surface area contributed by atoms with E-state index in [1.165, 1.54) is 0 Å². The number of alkyl carbamates (subject to hydrolysis) is 1. The van der Waals surface area contributed by atoms with E-state index >= 15 is 0 Å². The largest absolute Gasteiger partial charge is 0.444 e. The fourth-order valence-corrected chi connectivity index (χ4v) is 2.67. The number of aliphatic hydroxyl groups excluding tert-OH is 1. The van der Waals surface area contributed by atoms with Crippen molar-refractivity contribution in [2.75, 3.05) is 6.54 Å². The summed E-state index contributed by atoms with van der Waals surface area (Å²) in [6.07, 6.45) is 1.09. The topological polar surface area (TPSA) is 70.6 Å². The quantitative estimate of drug-likeness (QED) is 0.630. The van der Waals surface area contributed by atoms with Crippen LogP contribution in [-0.4, -0.2) is 41.5 Å². The average Bonchev–Trinajstić information content (AvgIpc) is 2.21. The lowest BCUT2D eigenvalue weighted by Gasteiger charge is -2.46. The fraction of sp³-hybridized carbons (Fsp3) is 0.917. The maximum atomic E-state index is 11.7. The molecule has 2 bridgehead atoms. The smallest absolute Gasteiger partial charge is 0.407 e. The first-order valence-electron chi connectivity index (χ1n) is 6.28. The third-order valence-corrected chi connectivity index (χ3v) is 3.46. The van der Waals surface area contributed by atoms with Crippen molar-refractivity contribution in [3.05, 3.63) is 0 Å². The molecule has 17 heavy (non-hydrogen) atoms. The van der Waals surface area contributed by atoms with E-state index in [0.29, 0.717) is 5.92 Å². The Hall–Kier alpha value is -0.810. The van der Waals surface area contributed by atoms with Crippen LogP contribution in [0.4, 0.5) is 4.79 Å². The van der Waals surface area contributed by atoms with Gasteiger partial charge in [-0.15, -0.1) is 0 Å². The third kappa shape index (κ3) is 2.90. The van der Waals surface area contributed by atoms with E-state index in [4.69, 9.17) is 4.74 Å². The van der Waals surface area contributed by atoms with Crippen molar-refractivity contribution in [2.24, 2.45) is 5.92 Å². The van der Waals surface area contributed by atoms with Crippen molar-refractivity contribution in [1.29, 1.82) is 0 Å². The Kier molecular flexibility index (Phi) is 3.32. The summed E-state index contributed by atoms with van der Waals surface area (Å²) in [4.78, 5) is 11.7. The number of hydrogen-bond donors (Lipinski definition) is 3. The Morgan fingerprint density at radius 3 is 2.59 bits per heavy atom. The second kappa shape index (κ2) is 4.46. The second-order valence-corrected chi connectivity index (χ2v) is 6.01. The van der Waals surface area contributed by atoms with Gasteiger partial charge in [0.05, 0.1) is 12.1 Å². The summed E-state index contributed by atoms with van der Waals surface area (Å²) in [5.74, 6) is 0.308. The first kappa shape index (κ1) is 12.6. The van der Waals surface area contributed by atoms with Crippen LogP contribution in [0, 0.1) is 5.92 Å². The van der Waals surface area contributed by atoms with Gasteiger partial charge < -0.3 is 20.5 Å². The molecule has 3 fully saturated rings. The van der Waals surface area contributed by atoms with E-state index in [-0.39, 0.29) is 12.1 Å². The average molecular weight is 242 g/mol. The third-order valence-electron chi connectivity index (χ3n) is 3.46. The summed E-state index contributed by atoms with van der Waals surface area (Å²) in [5, 5.41) is 16.2. The molecule has 2 aliphatic heterocycles. The number of carbonyl (C=O) groups is 1. The zero-order chi connectivity index (χ0) is 12.6. The summed E-state index contributed by atoms with van der Waals surface area (Å²) in [7, 11) is 0. The molecule has 0 spiro atoms. The summed E-state index contributed by atoms with van der Waals surface area (Å²) in [5.41, 5.74) is -0.499. The van der Waals surface area contributed by atoms with Gasteiger partial charge in [0.25, 0.3) is 0 Å². The molecular formula is C12H22N2O3. The lowest BCUT2D eigenvalue weighted by molar-refractivity contribution is -0.0132. The first-order chi connectivity index (χ1) is 7.87. The van der Waals surface area contributed by atoms with Crippen molar-refractivity contribution in [2.45, 2.75) is 57.4 Å². The maximum absolute atomic E-state index is 11.7.